The third-order valence-electron chi connectivity index (χ3n) is 1.99. The molecule has 0 aromatic heterocycles. The van der Waals surface area contributed by atoms with Gasteiger partial charge in [-0.05, 0) is 6.42 Å². The average Bonchev–Trinajstić information content (AvgIpc) is 2.23. The van der Waals surface area contributed by atoms with Crippen molar-refractivity contribution < 1.29 is 23.1 Å². The summed E-state index contributed by atoms with van der Waals surface area (Å²) in [5, 5.41) is 13.5. The van der Waals surface area contributed by atoms with Gasteiger partial charge in [-0.25, -0.2) is 17.9 Å². The summed E-state index contributed by atoms with van der Waals surface area (Å²) in [6.45, 7) is 2.07. The number of rotatable bonds is 8. The maximum Gasteiger partial charge on any atom is 0.314 e. The molecular weight excluding hydrogens is 262 g/mol. The molecule has 4 N–H and O–H groups in total. The van der Waals surface area contributed by atoms with E-state index in [0.717, 1.165) is 6.26 Å². The van der Waals surface area contributed by atoms with E-state index in [0.29, 0.717) is 13.0 Å². The summed E-state index contributed by atoms with van der Waals surface area (Å²) >= 11 is 0. The zero-order valence-corrected chi connectivity index (χ0v) is 11.2. The lowest BCUT2D eigenvalue weighted by Crippen LogP contribution is -2.40. The highest BCUT2D eigenvalue weighted by Gasteiger charge is 2.11. The van der Waals surface area contributed by atoms with Crippen LogP contribution >= 0.6 is 0 Å². The highest BCUT2D eigenvalue weighted by molar-refractivity contribution is 7.88. The second kappa shape index (κ2) is 7.88. The van der Waals surface area contributed by atoms with Crippen LogP contribution in [-0.2, 0) is 14.8 Å². The minimum atomic E-state index is -3.20. The maximum atomic E-state index is 11.2. The molecule has 0 heterocycles. The third kappa shape index (κ3) is 9.85. The van der Waals surface area contributed by atoms with E-state index in [2.05, 4.69) is 15.4 Å². The van der Waals surface area contributed by atoms with Crippen molar-refractivity contribution in [2.75, 3.05) is 25.9 Å². The van der Waals surface area contributed by atoms with Crippen LogP contribution in [0.15, 0.2) is 0 Å². The molecule has 1 atom stereocenters. The Kier molecular flexibility index (Phi) is 7.29. The predicted molar refractivity (Wildman–Crippen MR) is 65.7 cm³/mol. The molecule has 0 fully saturated rings. The summed E-state index contributed by atoms with van der Waals surface area (Å²) in [4.78, 5) is 21.6. The van der Waals surface area contributed by atoms with E-state index in [1.165, 1.54) is 6.92 Å². The van der Waals surface area contributed by atoms with E-state index in [1.54, 1.807) is 0 Å². The Hall–Kier alpha value is -1.35. The molecule has 106 valence electrons. The molecule has 0 aromatic carbocycles. The Balaban J connectivity index is 3.57. The molecule has 0 aromatic rings. The van der Waals surface area contributed by atoms with Gasteiger partial charge in [0, 0.05) is 19.6 Å². The van der Waals surface area contributed by atoms with Crippen molar-refractivity contribution in [2.45, 2.75) is 13.3 Å². The SMILES string of the molecule is CC(CNC(=O)NCCCNS(C)(=O)=O)C(=O)O. The first-order valence-corrected chi connectivity index (χ1v) is 7.30. The van der Waals surface area contributed by atoms with E-state index < -0.39 is 27.9 Å². The Labute approximate surface area is 106 Å². The van der Waals surface area contributed by atoms with Gasteiger partial charge in [0.15, 0.2) is 0 Å². The van der Waals surface area contributed by atoms with Crippen molar-refractivity contribution in [3.8, 4) is 0 Å². The van der Waals surface area contributed by atoms with Crippen LogP contribution in [0, 0.1) is 5.92 Å². The first kappa shape index (κ1) is 16.6. The van der Waals surface area contributed by atoms with E-state index in [-0.39, 0.29) is 13.1 Å². The predicted octanol–water partition coefficient (Wildman–Crippen LogP) is -1.05. The number of aliphatic carboxylic acids is 1. The fourth-order valence-corrected chi connectivity index (χ4v) is 1.46. The molecule has 0 radical (unpaired) electrons. The van der Waals surface area contributed by atoms with Gasteiger partial charge in [-0.3, -0.25) is 4.79 Å². The van der Waals surface area contributed by atoms with Gasteiger partial charge in [-0.1, -0.05) is 6.92 Å². The molecule has 0 spiro atoms. The van der Waals surface area contributed by atoms with E-state index in [4.69, 9.17) is 5.11 Å². The van der Waals surface area contributed by atoms with Gasteiger partial charge < -0.3 is 15.7 Å². The number of carboxylic acid groups (broad SMARTS) is 1. The van der Waals surface area contributed by atoms with E-state index >= 15 is 0 Å². The van der Waals surface area contributed by atoms with Gasteiger partial charge in [0.2, 0.25) is 10.0 Å². The maximum absolute atomic E-state index is 11.2. The van der Waals surface area contributed by atoms with Crippen molar-refractivity contribution in [1.29, 1.82) is 0 Å². The van der Waals surface area contributed by atoms with Crippen LogP contribution in [0.1, 0.15) is 13.3 Å². The summed E-state index contributed by atoms with van der Waals surface area (Å²) in [5.74, 6) is -1.63. The molecule has 18 heavy (non-hydrogen) atoms. The normalized spacial score (nSPS) is 12.8. The topological polar surface area (TPSA) is 125 Å². The summed E-state index contributed by atoms with van der Waals surface area (Å²) in [7, 11) is -3.20. The molecule has 0 saturated heterocycles. The fourth-order valence-electron chi connectivity index (χ4n) is 0.943. The largest absolute Gasteiger partial charge is 0.481 e. The Bertz CT molecular complexity index is 382. The number of urea groups is 1. The summed E-state index contributed by atoms with van der Waals surface area (Å²) in [5.41, 5.74) is 0. The van der Waals surface area contributed by atoms with Crippen LogP contribution in [0.25, 0.3) is 0 Å². The van der Waals surface area contributed by atoms with Gasteiger partial charge in [0.05, 0.1) is 12.2 Å². The number of nitrogens with one attached hydrogen (secondary N) is 3. The molecule has 9 heteroatoms. The highest BCUT2D eigenvalue weighted by atomic mass is 32.2. The number of carbonyl (C=O) groups is 2. The lowest BCUT2D eigenvalue weighted by Gasteiger charge is -2.09. The van der Waals surface area contributed by atoms with Crippen molar-refractivity contribution in [3.05, 3.63) is 0 Å². The first-order chi connectivity index (χ1) is 8.22. The van der Waals surface area contributed by atoms with E-state index in [9.17, 15) is 18.0 Å². The van der Waals surface area contributed by atoms with Crippen LogP contribution in [0.2, 0.25) is 0 Å². The molecule has 0 aliphatic carbocycles. The van der Waals surface area contributed by atoms with E-state index in [1.807, 2.05) is 0 Å². The lowest BCUT2D eigenvalue weighted by molar-refractivity contribution is -0.140. The molecule has 2 amide bonds. The van der Waals surface area contributed by atoms with Crippen molar-refractivity contribution in [3.63, 3.8) is 0 Å². The van der Waals surface area contributed by atoms with Gasteiger partial charge >= 0.3 is 12.0 Å². The zero-order chi connectivity index (χ0) is 14.2. The number of hydrogen-bond donors (Lipinski definition) is 4. The second-order valence-electron chi connectivity index (χ2n) is 3.90. The molecule has 0 rings (SSSR count). The Morgan fingerprint density at radius 2 is 1.83 bits per heavy atom. The number of amides is 2. The standard InChI is InChI=1S/C9H19N3O5S/c1-7(8(13)14)6-11-9(15)10-4-3-5-12-18(2,16)17/h7,12H,3-6H2,1-2H3,(H,13,14)(H2,10,11,15). The lowest BCUT2D eigenvalue weighted by atomic mass is 10.2. The molecule has 1 unspecified atom stereocenters. The highest BCUT2D eigenvalue weighted by Crippen LogP contribution is 1.90. The van der Waals surface area contributed by atoms with Crippen molar-refractivity contribution in [2.24, 2.45) is 5.92 Å². The number of carbonyl (C=O) groups excluding carboxylic acids is 1. The molecule has 8 nitrogen and oxygen atoms in total. The summed E-state index contributed by atoms with van der Waals surface area (Å²) in [6.07, 6.45) is 1.51. The quantitative estimate of drug-likeness (QED) is 0.422. The number of hydrogen-bond acceptors (Lipinski definition) is 4. The minimum Gasteiger partial charge on any atom is -0.481 e. The van der Waals surface area contributed by atoms with Crippen LogP contribution < -0.4 is 15.4 Å². The number of sulfonamides is 1. The Morgan fingerprint density at radius 1 is 1.22 bits per heavy atom. The van der Waals surface area contributed by atoms with Crippen LogP contribution in [0.3, 0.4) is 0 Å². The van der Waals surface area contributed by atoms with Gasteiger partial charge in [0.1, 0.15) is 0 Å². The molecule has 0 aliphatic heterocycles. The average molecular weight is 281 g/mol. The van der Waals surface area contributed by atoms with Gasteiger partial charge in [0.25, 0.3) is 0 Å². The van der Waals surface area contributed by atoms with Crippen molar-refractivity contribution >= 4 is 22.0 Å². The second-order valence-corrected chi connectivity index (χ2v) is 5.73. The minimum absolute atomic E-state index is 0.0444. The van der Waals surface area contributed by atoms with Crippen LogP contribution in [0.5, 0.6) is 0 Å². The summed E-state index contributed by atoms with van der Waals surface area (Å²) < 4.78 is 23.7. The smallest absolute Gasteiger partial charge is 0.314 e. The molecule has 0 bridgehead atoms. The molecule has 0 aliphatic rings. The first-order valence-electron chi connectivity index (χ1n) is 5.41. The zero-order valence-electron chi connectivity index (χ0n) is 10.4. The Morgan fingerprint density at radius 3 is 2.33 bits per heavy atom. The van der Waals surface area contributed by atoms with Crippen LogP contribution in [0.4, 0.5) is 4.79 Å². The summed E-state index contributed by atoms with van der Waals surface area (Å²) in [6, 6.07) is -0.470. The van der Waals surface area contributed by atoms with Gasteiger partial charge in [-0.2, -0.15) is 0 Å². The van der Waals surface area contributed by atoms with Crippen LogP contribution in [-0.4, -0.2) is 51.4 Å². The number of carboxylic acids is 1. The molecular formula is C9H19N3O5S. The monoisotopic (exact) mass is 281 g/mol. The van der Waals surface area contributed by atoms with Gasteiger partial charge in [-0.15, -0.1) is 0 Å². The fraction of sp³-hybridized carbons (Fsp3) is 0.778. The third-order valence-corrected chi connectivity index (χ3v) is 2.72. The van der Waals surface area contributed by atoms with Crippen molar-refractivity contribution in [1.82, 2.24) is 15.4 Å². The molecule has 0 saturated carbocycles.